The van der Waals surface area contributed by atoms with E-state index in [0.717, 1.165) is 24.3 Å². The number of carbonyl (C=O) groups is 1. The predicted octanol–water partition coefficient (Wildman–Crippen LogP) is 3.30. The van der Waals surface area contributed by atoms with Gasteiger partial charge in [-0.1, -0.05) is 44.0 Å². The molecule has 1 saturated carbocycles. The average molecular weight is 261 g/mol. The van der Waals surface area contributed by atoms with E-state index in [9.17, 15) is 4.79 Å². The molecule has 1 aromatic carbocycles. The van der Waals surface area contributed by atoms with E-state index in [0.29, 0.717) is 13.0 Å². The minimum atomic E-state index is -0.747. The first-order valence-corrected chi connectivity index (χ1v) is 7.25. The van der Waals surface area contributed by atoms with Crippen molar-refractivity contribution < 1.29 is 9.90 Å². The number of hydrogen-bond acceptors (Lipinski definition) is 2. The maximum absolute atomic E-state index is 11.1. The number of rotatable bonds is 8. The van der Waals surface area contributed by atoms with Gasteiger partial charge < -0.3 is 10.4 Å². The fourth-order valence-corrected chi connectivity index (χ4v) is 2.29. The molecule has 0 heterocycles. The number of nitrogens with one attached hydrogen (secondary N) is 1. The summed E-state index contributed by atoms with van der Waals surface area (Å²) in [6.07, 6.45) is 5.31. The largest absolute Gasteiger partial charge is 0.480 e. The lowest BCUT2D eigenvalue weighted by atomic mass is 10.1. The predicted molar refractivity (Wildman–Crippen MR) is 76.2 cm³/mol. The standard InChI is InChI=1S/C16H23NO2/c1-2-3-4-15(16(18)19)17-11-12-5-7-13(8-6-12)14-9-10-14/h5-8,14-15,17H,2-4,9-11H2,1H3,(H,18,19). The lowest BCUT2D eigenvalue weighted by Crippen LogP contribution is -2.36. The van der Waals surface area contributed by atoms with Gasteiger partial charge in [-0.15, -0.1) is 0 Å². The Morgan fingerprint density at radius 2 is 2.05 bits per heavy atom. The zero-order valence-electron chi connectivity index (χ0n) is 11.6. The van der Waals surface area contributed by atoms with Crippen LogP contribution < -0.4 is 5.32 Å². The van der Waals surface area contributed by atoms with Gasteiger partial charge in [-0.2, -0.15) is 0 Å². The van der Waals surface area contributed by atoms with Crippen molar-refractivity contribution in [1.29, 1.82) is 0 Å². The highest BCUT2D eigenvalue weighted by molar-refractivity contribution is 5.73. The Hall–Kier alpha value is -1.35. The molecular weight excluding hydrogens is 238 g/mol. The third-order valence-electron chi connectivity index (χ3n) is 3.73. The lowest BCUT2D eigenvalue weighted by Gasteiger charge is -2.14. The van der Waals surface area contributed by atoms with Crippen molar-refractivity contribution in [1.82, 2.24) is 5.32 Å². The van der Waals surface area contributed by atoms with E-state index in [1.54, 1.807) is 0 Å². The molecule has 0 saturated heterocycles. The summed E-state index contributed by atoms with van der Waals surface area (Å²) in [5.74, 6) is 0.0291. The Labute approximate surface area is 115 Å². The van der Waals surface area contributed by atoms with Crippen LogP contribution >= 0.6 is 0 Å². The molecule has 0 aromatic heterocycles. The molecule has 1 fully saturated rings. The van der Waals surface area contributed by atoms with Gasteiger partial charge in [0, 0.05) is 6.54 Å². The van der Waals surface area contributed by atoms with Crippen LogP contribution in [-0.2, 0) is 11.3 Å². The summed E-state index contributed by atoms with van der Waals surface area (Å²) >= 11 is 0. The van der Waals surface area contributed by atoms with E-state index >= 15 is 0 Å². The van der Waals surface area contributed by atoms with Crippen molar-refractivity contribution in [3.8, 4) is 0 Å². The van der Waals surface area contributed by atoms with E-state index in [1.165, 1.54) is 18.4 Å². The van der Waals surface area contributed by atoms with E-state index in [-0.39, 0.29) is 0 Å². The summed E-state index contributed by atoms with van der Waals surface area (Å²) in [6, 6.07) is 8.15. The average Bonchev–Trinajstić information content (AvgIpc) is 3.23. The summed E-state index contributed by atoms with van der Waals surface area (Å²) in [5.41, 5.74) is 2.58. The highest BCUT2D eigenvalue weighted by Crippen LogP contribution is 2.39. The van der Waals surface area contributed by atoms with E-state index in [2.05, 4.69) is 36.5 Å². The third kappa shape index (κ3) is 4.35. The molecule has 104 valence electrons. The van der Waals surface area contributed by atoms with Crippen LogP contribution in [0.1, 0.15) is 56.1 Å². The van der Waals surface area contributed by atoms with Gasteiger partial charge in [0.05, 0.1) is 0 Å². The molecule has 0 bridgehead atoms. The first kappa shape index (κ1) is 14.1. The Morgan fingerprint density at radius 3 is 2.58 bits per heavy atom. The molecule has 1 atom stereocenters. The summed E-state index contributed by atoms with van der Waals surface area (Å²) in [7, 11) is 0. The van der Waals surface area contributed by atoms with E-state index in [4.69, 9.17) is 5.11 Å². The molecule has 0 radical (unpaired) electrons. The van der Waals surface area contributed by atoms with Crippen LogP contribution in [-0.4, -0.2) is 17.1 Å². The van der Waals surface area contributed by atoms with Crippen LogP contribution in [0.5, 0.6) is 0 Å². The third-order valence-corrected chi connectivity index (χ3v) is 3.73. The summed E-state index contributed by atoms with van der Waals surface area (Å²) in [6.45, 7) is 2.71. The number of benzene rings is 1. The summed E-state index contributed by atoms with van der Waals surface area (Å²) < 4.78 is 0. The molecular formula is C16H23NO2. The highest BCUT2D eigenvalue weighted by Gasteiger charge is 2.23. The molecule has 0 spiro atoms. The molecule has 1 aliphatic rings. The van der Waals surface area contributed by atoms with Crippen LogP contribution in [0.25, 0.3) is 0 Å². The smallest absolute Gasteiger partial charge is 0.320 e. The maximum Gasteiger partial charge on any atom is 0.320 e. The van der Waals surface area contributed by atoms with E-state index < -0.39 is 12.0 Å². The topological polar surface area (TPSA) is 49.3 Å². The monoisotopic (exact) mass is 261 g/mol. The Kier molecular flexibility index (Phi) is 4.97. The SMILES string of the molecule is CCCCC(NCc1ccc(C2CC2)cc1)C(=O)O. The number of carboxylic acid groups (broad SMARTS) is 1. The van der Waals surface area contributed by atoms with Crippen molar-refractivity contribution >= 4 is 5.97 Å². The fourth-order valence-electron chi connectivity index (χ4n) is 2.29. The molecule has 19 heavy (non-hydrogen) atoms. The van der Waals surface area contributed by atoms with Crippen LogP contribution in [0.15, 0.2) is 24.3 Å². The van der Waals surface area contributed by atoms with Crippen molar-refractivity contribution in [2.45, 2.75) is 57.5 Å². The van der Waals surface area contributed by atoms with Gasteiger partial charge in [0.1, 0.15) is 6.04 Å². The molecule has 3 nitrogen and oxygen atoms in total. The lowest BCUT2D eigenvalue weighted by molar-refractivity contribution is -0.139. The second-order valence-corrected chi connectivity index (χ2v) is 5.43. The van der Waals surface area contributed by atoms with Gasteiger partial charge in [0.25, 0.3) is 0 Å². The number of carboxylic acids is 1. The van der Waals surface area contributed by atoms with Gasteiger partial charge in [-0.05, 0) is 36.3 Å². The minimum Gasteiger partial charge on any atom is -0.480 e. The zero-order chi connectivity index (χ0) is 13.7. The molecule has 2 rings (SSSR count). The summed E-state index contributed by atoms with van der Waals surface area (Å²) in [4.78, 5) is 11.1. The number of hydrogen-bond donors (Lipinski definition) is 2. The van der Waals surface area contributed by atoms with Crippen molar-refractivity contribution in [2.75, 3.05) is 0 Å². The highest BCUT2D eigenvalue weighted by atomic mass is 16.4. The van der Waals surface area contributed by atoms with Crippen LogP contribution in [0.3, 0.4) is 0 Å². The molecule has 1 unspecified atom stereocenters. The van der Waals surface area contributed by atoms with Crippen LogP contribution in [0.2, 0.25) is 0 Å². The Morgan fingerprint density at radius 1 is 1.37 bits per heavy atom. The number of aliphatic carboxylic acids is 1. The van der Waals surface area contributed by atoms with Crippen molar-refractivity contribution in [3.05, 3.63) is 35.4 Å². The second-order valence-electron chi connectivity index (χ2n) is 5.43. The molecule has 0 aliphatic heterocycles. The summed E-state index contributed by atoms with van der Waals surface area (Å²) in [5, 5.41) is 12.3. The van der Waals surface area contributed by atoms with Crippen molar-refractivity contribution in [2.24, 2.45) is 0 Å². The minimum absolute atomic E-state index is 0.428. The fraction of sp³-hybridized carbons (Fsp3) is 0.562. The normalized spacial score (nSPS) is 16.3. The van der Waals surface area contributed by atoms with Gasteiger partial charge in [0.2, 0.25) is 0 Å². The zero-order valence-corrected chi connectivity index (χ0v) is 11.6. The first-order valence-electron chi connectivity index (χ1n) is 7.25. The van der Waals surface area contributed by atoms with Gasteiger partial charge >= 0.3 is 5.97 Å². The molecule has 0 amide bonds. The number of unbranched alkanes of at least 4 members (excludes halogenated alkanes) is 1. The maximum atomic E-state index is 11.1. The quantitative estimate of drug-likeness (QED) is 0.755. The van der Waals surface area contributed by atoms with Gasteiger partial charge in [-0.25, -0.2) is 0 Å². The van der Waals surface area contributed by atoms with Gasteiger partial charge in [-0.3, -0.25) is 4.79 Å². The van der Waals surface area contributed by atoms with Gasteiger partial charge in [0.15, 0.2) is 0 Å². The second kappa shape index (κ2) is 6.71. The molecule has 1 aromatic rings. The molecule has 2 N–H and O–H groups in total. The van der Waals surface area contributed by atoms with Crippen molar-refractivity contribution in [3.63, 3.8) is 0 Å². The first-order chi connectivity index (χ1) is 9.20. The molecule has 3 heteroatoms. The Balaban J connectivity index is 1.83. The van der Waals surface area contributed by atoms with Crippen LogP contribution in [0, 0.1) is 0 Å². The van der Waals surface area contributed by atoms with Crippen LogP contribution in [0.4, 0.5) is 0 Å². The Bertz CT molecular complexity index is 409. The molecule has 1 aliphatic carbocycles. The van der Waals surface area contributed by atoms with E-state index in [1.807, 2.05) is 0 Å².